The number of hydrogen-bond donors (Lipinski definition) is 0. The van der Waals surface area contributed by atoms with Crippen LogP contribution in [0, 0.1) is 29.9 Å². The molecule has 5 heteroatoms. The summed E-state index contributed by atoms with van der Waals surface area (Å²) in [5.74, 6) is -2.13. The topological polar surface area (TPSA) is 33.0 Å². The Kier molecular flexibility index (Phi) is 4.35. The van der Waals surface area contributed by atoms with Gasteiger partial charge in [0.15, 0.2) is 11.6 Å². The summed E-state index contributed by atoms with van der Waals surface area (Å²) in [5.41, 5.74) is 2.22. The molecule has 0 saturated heterocycles. The first-order chi connectivity index (χ1) is 9.51. The van der Waals surface area contributed by atoms with Gasteiger partial charge in [0.25, 0.3) is 0 Å². The van der Waals surface area contributed by atoms with E-state index in [-0.39, 0.29) is 12.4 Å². The fourth-order valence-corrected chi connectivity index (χ4v) is 2.13. The monoisotopic (exact) mass is 337 g/mol. The molecule has 0 spiro atoms. The molecule has 0 heterocycles. The summed E-state index contributed by atoms with van der Waals surface area (Å²) >= 11 is 3.08. The van der Waals surface area contributed by atoms with Crippen molar-refractivity contribution in [2.24, 2.45) is 0 Å². The molecule has 0 aromatic heterocycles. The van der Waals surface area contributed by atoms with Crippen molar-refractivity contribution in [3.05, 3.63) is 63.1 Å². The van der Waals surface area contributed by atoms with Crippen LogP contribution in [0.4, 0.5) is 8.78 Å². The SMILES string of the molecule is Cc1cc(C#N)ccc1COc1cc(Br)cc(F)c1F. The maximum Gasteiger partial charge on any atom is 0.200 e. The van der Waals surface area contributed by atoms with Gasteiger partial charge in [-0.15, -0.1) is 0 Å². The van der Waals surface area contributed by atoms with E-state index in [1.807, 2.05) is 13.0 Å². The van der Waals surface area contributed by atoms with E-state index in [9.17, 15) is 8.78 Å². The van der Waals surface area contributed by atoms with E-state index in [2.05, 4.69) is 15.9 Å². The highest BCUT2D eigenvalue weighted by atomic mass is 79.9. The molecule has 0 saturated carbocycles. The van der Waals surface area contributed by atoms with E-state index in [0.717, 1.165) is 17.2 Å². The number of halogens is 3. The molecule has 2 nitrogen and oxygen atoms in total. The second-order valence-corrected chi connectivity index (χ2v) is 5.16. The number of benzene rings is 2. The maximum atomic E-state index is 13.5. The minimum absolute atomic E-state index is 0.102. The molecule has 20 heavy (non-hydrogen) atoms. The van der Waals surface area contributed by atoms with Gasteiger partial charge in [-0.1, -0.05) is 22.0 Å². The zero-order chi connectivity index (χ0) is 14.7. The molecule has 2 rings (SSSR count). The molecule has 102 valence electrons. The number of nitriles is 1. The average Bonchev–Trinajstić information content (AvgIpc) is 2.42. The van der Waals surface area contributed by atoms with Gasteiger partial charge in [0, 0.05) is 4.47 Å². The van der Waals surface area contributed by atoms with Crippen molar-refractivity contribution in [2.45, 2.75) is 13.5 Å². The van der Waals surface area contributed by atoms with Crippen molar-refractivity contribution < 1.29 is 13.5 Å². The predicted octanol–water partition coefficient (Wildman–Crippen LogP) is 4.49. The standard InChI is InChI=1S/C15H10BrF2NO/c1-9-4-10(7-19)2-3-11(9)8-20-14-6-12(16)5-13(17)15(14)18/h2-6H,8H2,1H3. The van der Waals surface area contributed by atoms with Crippen molar-refractivity contribution in [2.75, 3.05) is 0 Å². The van der Waals surface area contributed by atoms with Crippen molar-refractivity contribution >= 4 is 15.9 Å². The molecule has 0 unspecified atom stereocenters. The Balaban J connectivity index is 2.19. The van der Waals surface area contributed by atoms with Crippen LogP contribution in [0.15, 0.2) is 34.8 Å². The summed E-state index contributed by atoms with van der Waals surface area (Å²) in [5, 5.41) is 8.78. The molecular formula is C15H10BrF2NO. The Morgan fingerprint density at radius 3 is 2.65 bits per heavy atom. The highest BCUT2D eigenvalue weighted by Gasteiger charge is 2.12. The van der Waals surface area contributed by atoms with Crippen molar-refractivity contribution in [3.63, 3.8) is 0 Å². The van der Waals surface area contributed by atoms with Crippen LogP contribution in [0.25, 0.3) is 0 Å². The third-order valence-electron chi connectivity index (χ3n) is 2.81. The van der Waals surface area contributed by atoms with Gasteiger partial charge in [-0.3, -0.25) is 0 Å². The third-order valence-corrected chi connectivity index (χ3v) is 3.27. The minimum atomic E-state index is -1.01. The molecule has 0 aliphatic carbocycles. The Hall–Kier alpha value is -1.93. The molecule has 0 fully saturated rings. The fraction of sp³-hybridized carbons (Fsp3) is 0.133. The lowest BCUT2D eigenvalue weighted by Crippen LogP contribution is -2.01. The van der Waals surface area contributed by atoms with Crippen LogP contribution in [0.2, 0.25) is 0 Å². The number of ether oxygens (including phenoxy) is 1. The maximum absolute atomic E-state index is 13.5. The summed E-state index contributed by atoms with van der Waals surface area (Å²) in [6.07, 6.45) is 0. The third kappa shape index (κ3) is 3.14. The number of nitrogens with zero attached hydrogens (tertiary/aromatic N) is 1. The van der Waals surface area contributed by atoms with Crippen LogP contribution < -0.4 is 4.74 Å². The molecule has 2 aromatic rings. The predicted molar refractivity (Wildman–Crippen MR) is 74.3 cm³/mol. The van der Waals surface area contributed by atoms with Crippen LogP contribution in [0.1, 0.15) is 16.7 Å². The molecule has 0 radical (unpaired) electrons. The van der Waals surface area contributed by atoms with Crippen molar-refractivity contribution in [1.82, 2.24) is 0 Å². The van der Waals surface area contributed by atoms with Gasteiger partial charge in [0.05, 0.1) is 11.6 Å². The van der Waals surface area contributed by atoms with Crippen molar-refractivity contribution in [3.8, 4) is 11.8 Å². The van der Waals surface area contributed by atoms with E-state index in [1.54, 1.807) is 18.2 Å². The molecular weight excluding hydrogens is 328 g/mol. The average molecular weight is 338 g/mol. The molecule has 0 bridgehead atoms. The molecule has 2 aromatic carbocycles. The lowest BCUT2D eigenvalue weighted by Gasteiger charge is -2.10. The second-order valence-electron chi connectivity index (χ2n) is 4.24. The van der Waals surface area contributed by atoms with E-state index < -0.39 is 11.6 Å². The van der Waals surface area contributed by atoms with Crippen LogP contribution in [-0.2, 0) is 6.61 Å². The Morgan fingerprint density at radius 2 is 2.00 bits per heavy atom. The number of hydrogen-bond acceptors (Lipinski definition) is 2. The number of aryl methyl sites for hydroxylation is 1. The summed E-state index contributed by atoms with van der Waals surface area (Å²) in [6, 6.07) is 9.56. The highest BCUT2D eigenvalue weighted by Crippen LogP contribution is 2.26. The first-order valence-corrected chi connectivity index (χ1v) is 6.57. The van der Waals surface area contributed by atoms with Crippen molar-refractivity contribution in [1.29, 1.82) is 5.26 Å². The van der Waals surface area contributed by atoms with E-state index >= 15 is 0 Å². The lowest BCUT2D eigenvalue weighted by molar-refractivity contribution is 0.283. The normalized spacial score (nSPS) is 10.2. The van der Waals surface area contributed by atoms with Gasteiger partial charge < -0.3 is 4.74 Å². The summed E-state index contributed by atoms with van der Waals surface area (Å²) in [4.78, 5) is 0. The zero-order valence-electron chi connectivity index (χ0n) is 10.6. The smallest absolute Gasteiger partial charge is 0.200 e. The molecule has 0 N–H and O–H groups in total. The van der Waals surface area contributed by atoms with E-state index in [4.69, 9.17) is 10.00 Å². The Labute approximate surface area is 123 Å². The van der Waals surface area contributed by atoms with Crippen LogP contribution in [-0.4, -0.2) is 0 Å². The second kappa shape index (κ2) is 6.02. The first kappa shape index (κ1) is 14.5. The summed E-state index contributed by atoms with van der Waals surface area (Å²) < 4.78 is 32.5. The quantitative estimate of drug-likeness (QED) is 0.773. The first-order valence-electron chi connectivity index (χ1n) is 5.78. The molecule has 0 atom stereocenters. The minimum Gasteiger partial charge on any atom is -0.486 e. The molecule has 0 amide bonds. The summed E-state index contributed by atoms with van der Waals surface area (Å²) in [7, 11) is 0. The lowest BCUT2D eigenvalue weighted by atomic mass is 10.1. The fourth-order valence-electron chi connectivity index (χ4n) is 1.72. The van der Waals surface area contributed by atoms with Gasteiger partial charge in [-0.25, -0.2) is 4.39 Å². The van der Waals surface area contributed by atoms with E-state index in [1.165, 1.54) is 6.07 Å². The number of rotatable bonds is 3. The van der Waals surface area contributed by atoms with Crippen LogP contribution in [0.5, 0.6) is 5.75 Å². The van der Waals surface area contributed by atoms with Gasteiger partial charge in [0.1, 0.15) is 6.61 Å². The van der Waals surface area contributed by atoms with Gasteiger partial charge >= 0.3 is 0 Å². The van der Waals surface area contributed by atoms with Crippen LogP contribution in [0.3, 0.4) is 0 Å². The van der Waals surface area contributed by atoms with Gasteiger partial charge in [-0.2, -0.15) is 9.65 Å². The largest absolute Gasteiger partial charge is 0.486 e. The highest BCUT2D eigenvalue weighted by molar-refractivity contribution is 9.10. The zero-order valence-corrected chi connectivity index (χ0v) is 12.2. The molecule has 0 aliphatic heterocycles. The van der Waals surface area contributed by atoms with Gasteiger partial charge in [-0.05, 0) is 42.3 Å². The van der Waals surface area contributed by atoms with Crippen LogP contribution >= 0.6 is 15.9 Å². The van der Waals surface area contributed by atoms with Gasteiger partial charge in [0.2, 0.25) is 5.82 Å². The van der Waals surface area contributed by atoms with E-state index in [0.29, 0.717) is 10.0 Å². The molecule has 0 aliphatic rings. The summed E-state index contributed by atoms with van der Waals surface area (Å²) in [6.45, 7) is 1.93. The Morgan fingerprint density at radius 1 is 1.25 bits per heavy atom. The Bertz CT molecular complexity index is 695.